The second-order valence-corrected chi connectivity index (χ2v) is 7.22. The summed E-state index contributed by atoms with van der Waals surface area (Å²) in [7, 11) is 0. The first-order valence-electron chi connectivity index (χ1n) is 8.63. The summed E-state index contributed by atoms with van der Waals surface area (Å²) in [6.45, 7) is 7.88. The Hall–Kier alpha value is -1.61. The van der Waals surface area contributed by atoms with Crippen LogP contribution in [0.5, 0.6) is 0 Å². The molecule has 1 fully saturated rings. The lowest BCUT2D eigenvalue weighted by Crippen LogP contribution is -2.40. The summed E-state index contributed by atoms with van der Waals surface area (Å²) >= 11 is 0. The Morgan fingerprint density at radius 2 is 1.83 bits per heavy atom. The Bertz CT molecular complexity index is 510. The van der Waals surface area contributed by atoms with Gasteiger partial charge < -0.3 is 4.74 Å². The molecule has 1 aliphatic rings. The number of hydrogen-bond acceptors (Lipinski definition) is 3. The SMILES string of the molecule is CC(C)(C)OC(=O)CC(/C=C/c1ccccc1)N1CCCCC1. The summed E-state index contributed by atoms with van der Waals surface area (Å²) in [4.78, 5) is 14.6. The molecule has 0 saturated carbocycles. The highest BCUT2D eigenvalue weighted by molar-refractivity contribution is 5.71. The minimum atomic E-state index is -0.424. The van der Waals surface area contributed by atoms with E-state index < -0.39 is 5.60 Å². The first-order chi connectivity index (χ1) is 10.9. The Kier molecular flexibility index (Phi) is 6.40. The van der Waals surface area contributed by atoms with Crippen LogP contribution in [0.15, 0.2) is 36.4 Å². The molecule has 1 heterocycles. The molecule has 0 amide bonds. The van der Waals surface area contributed by atoms with Gasteiger partial charge in [0, 0.05) is 6.04 Å². The molecule has 0 radical (unpaired) electrons. The van der Waals surface area contributed by atoms with Gasteiger partial charge in [0.05, 0.1) is 6.42 Å². The maximum absolute atomic E-state index is 12.2. The van der Waals surface area contributed by atoms with Gasteiger partial charge in [0.2, 0.25) is 0 Å². The summed E-state index contributed by atoms with van der Waals surface area (Å²) in [5.41, 5.74) is 0.742. The van der Waals surface area contributed by atoms with Crippen LogP contribution in [-0.4, -0.2) is 35.6 Å². The Balaban J connectivity index is 2.05. The van der Waals surface area contributed by atoms with Gasteiger partial charge in [-0.3, -0.25) is 9.69 Å². The van der Waals surface area contributed by atoms with E-state index in [-0.39, 0.29) is 12.0 Å². The van der Waals surface area contributed by atoms with E-state index in [9.17, 15) is 4.79 Å². The molecule has 0 aliphatic carbocycles. The van der Waals surface area contributed by atoms with Crippen LogP contribution in [0.25, 0.3) is 6.08 Å². The number of esters is 1. The topological polar surface area (TPSA) is 29.5 Å². The van der Waals surface area contributed by atoms with Gasteiger partial charge in [-0.2, -0.15) is 0 Å². The van der Waals surface area contributed by atoms with Crippen LogP contribution >= 0.6 is 0 Å². The van der Waals surface area contributed by atoms with Gasteiger partial charge in [0.1, 0.15) is 5.60 Å². The lowest BCUT2D eigenvalue weighted by molar-refractivity contribution is -0.155. The molecule has 3 nitrogen and oxygen atoms in total. The molecule has 1 atom stereocenters. The van der Waals surface area contributed by atoms with Gasteiger partial charge in [-0.05, 0) is 52.3 Å². The van der Waals surface area contributed by atoms with Crippen LogP contribution in [0.1, 0.15) is 52.0 Å². The van der Waals surface area contributed by atoms with Crippen molar-refractivity contribution in [1.82, 2.24) is 4.90 Å². The predicted molar refractivity (Wildman–Crippen MR) is 95.2 cm³/mol. The molecule has 0 spiro atoms. The van der Waals surface area contributed by atoms with Crippen LogP contribution < -0.4 is 0 Å². The third kappa shape index (κ3) is 6.57. The average molecular weight is 315 g/mol. The molecule has 1 aromatic rings. The van der Waals surface area contributed by atoms with Gasteiger partial charge in [-0.1, -0.05) is 48.9 Å². The molecule has 1 unspecified atom stereocenters. The first kappa shape index (κ1) is 17.7. The number of ether oxygens (including phenoxy) is 1. The van der Waals surface area contributed by atoms with E-state index in [0.717, 1.165) is 13.1 Å². The highest BCUT2D eigenvalue weighted by Crippen LogP contribution is 2.18. The molecule has 0 aromatic heterocycles. The van der Waals surface area contributed by atoms with Crippen molar-refractivity contribution in [3.05, 3.63) is 42.0 Å². The van der Waals surface area contributed by atoms with Gasteiger partial charge >= 0.3 is 5.97 Å². The molecular formula is C20H29NO2. The zero-order valence-corrected chi connectivity index (χ0v) is 14.6. The van der Waals surface area contributed by atoms with Crippen molar-refractivity contribution in [2.45, 2.75) is 58.1 Å². The fraction of sp³-hybridized carbons (Fsp3) is 0.550. The van der Waals surface area contributed by atoms with Crippen LogP contribution in [0.4, 0.5) is 0 Å². The molecular weight excluding hydrogens is 286 g/mol. The zero-order chi connectivity index (χ0) is 16.7. The molecule has 0 N–H and O–H groups in total. The standard InChI is InChI=1S/C20H29NO2/c1-20(2,3)23-19(22)16-18(21-14-8-5-9-15-21)13-12-17-10-6-4-7-11-17/h4,6-7,10-13,18H,5,8-9,14-16H2,1-3H3/b13-12+. The highest BCUT2D eigenvalue weighted by Gasteiger charge is 2.24. The number of likely N-dealkylation sites (tertiary alicyclic amines) is 1. The monoisotopic (exact) mass is 315 g/mol. The van der Waals surface area contributed by atoms with Crippen LogP contribution in [-0.2, 0) is 9.53 Å². The van der Waals surface area contributed by atoms with E-state index in [0.29, 0.717) is 6.42 Å². The maximum Gasteiger partial charge on any atom is 0.308 e. The second-order valence-electron chi connectivity index (χ2n) is 7.22. The zero-order valence-electron chi connectivity index (χ0n) is 14.6. The number of carbonyl (C=O) groups is 1. The van der Waals surface area contributed by atoms with Crippen molar-refractivity contribution in [3.63, 3.8) is 0 Å². The molecule has 0 bridgehead atoms. The molecule has 23 heavy (non-hydrogen) atoms. The maximum atomic E-state index is 12.2. The normalized spacial score (nSPS) is 18.0. The van der Waals surface area contributed by atoms with E-state index >= 15 is 0 Å². The lowest BCUT2D eigenvalue weighted by Gasteiger charge is -2.33. The molecule has 3 heteroatoms. The van der Waals surface area contributed by atoms with Crippen molar-refractivity contribution in [2.24, 2.45) is 0 Å². The summed E-state index contributed by atoms with van der Waals surface area (Å²) < 4.78 is 5.51. The van der Waals surface area contributed by atoms with E-state index in [2.05, 4.69) is 29.2 Å². The van der Waals surface area contributed by atoms with E-state index in [1.54, 1.807) is 0 Å². The number of piperidine rings is 1. The number of hydrogen-bond donors (Lipinski definition) is 0. The first-order valence-corrected chi connectivity index (χ1v) is 8.63. The largest absolute Gasteiger partial charge is 0.460 e. The minimum absolute atomic E-state index is 0.116. The van der Waals surface area contributed by atoms with Crippen LogP contribution in [0.2, 0.25) is 0 Å². The van der Waals surface area contributed by atoms with Crippen molar-refractivity contribution in [2.75, 3.05) is 13.1 Å². The summed E-state index contributed by atoms with van der Waals surface area (Å²) in [6.07, 6.45) is 8.40. The van der Waals surface area contributed by atoms with E-state index in [1.807, 2.05) is 39.0 Å². The van der Waals surface area contributed by atoms with Gasteiger partial charge in [0.15, 0.2) is 0 Å². The third-order valence-corrected chi connectivity index (χ3v) is 3.97. The van der Waals surface area contributed by atoms with E-state index in [4.69, 9.17) is 4.74 Å². The number of carbonyl (C=O) groups excluding carboxylic acids is 1. The Morgan fingerprint density at radius 1 is 1.17 bits per heavy atom. The van der Waals surface area contributed by atoms with Crippen molar-refractivity contribution in [1.29, 1.82) is 0 Å². The molecule has 1 saturated heterocycles. The molecule has 1 aliphatic heterocycles. The fourth-order valence-electron chi connectivity index (χ4n) is 2.91. The predicted octanol–water partition coefficient (Wildman–Crippen LogP) is 4.29. The van der Waals surface area contributed by atoms with Crippen LogP contribution in [0.3, 0.4) is 0 Å². The van der Waals surface area contributed by atoms with Crippen LogP contribution in [0, 0.1) is 0 Å². The van der Waals surface area contributed by atoms with Gasteiger partial charge in [-0.15, -0.1) is 0 Å². The Morgan fingerprint density at radius 3 is 2.43 bits per heavy atom. The Labute approximate surface area is 140 Å². The van der Waals surface area contributed by atoms with Crippen molar-refractivity contribution >= 4 is 12.0 Å². The highest BCUT2D eigenvalue weighted by atomic mass is 16.6. The van der Waals surface area contributed by atoms with Gasteiger partial charge in [0.25, 0.3) is 0 Å². The lowest BCUT2D eigenvalue weighted by atomic mass is 10.0. The van der Waals surface area contributed by atoms with Crippen molar-refractivity contribution < 1.29 is 9.53 Å². The third-order valence-electron chi connectivity index (χ3n) is 3.97. The average Bonchev–Trinajstić information content (AvgIpc) is 2.51. The number of nitrogens with zero attached hydrogens (tertiary/aromatic N) is 1. The number of rotatable bonds is 5. The van der Waals surface area contributed by atoms with Crippen molar-refractivity contribution in [3.8, 4) is 0 Å². The molecule has 126 valence electrons. The summed E-state index contributed by atoms with van der Waals surface area (Å²) in [5.74, 6) is -0.120. The summed E-state index contributed by atoms with van der Waals surface area (Å²) in [5, 5.41) is 0. The fourth-order valence-corrected chi connectivity index (χ4v) is 2.91. The molecule has 1 aromatic carbocycles. The molecule has 2 rings (SSSR count). The number of benzene rings is 1. The summed E-state index contributed by atoms with van der Waals surface area (Å²) in [6, 6.07) is 10.4. The smallest absolute Gasteiger partial charge is 0.308 e. The van der Waals surface area contributed by atoms with E-state index in [1.165, 1.54) is 24.8 Å². The van der Waals surface area contributed by atoms with Gasteiger partial charge in [-0.25, -0.2) is 0 Å². The quantitative estimate of drug-likeness (QED) is 0.759. The minimum Gasteiger partial charge on any atom is -0.460 e. The second kappa shape index (κ2) is 8.30.